The van der Waals surface area contributed by atoms with E-state index >= 15 is 0 Å². The van der Waals surface area contributed by atoms with Crippen molar-refractivity contribution in [3.05, 3.63) is 82.2 Å². The van der Waals surface area contributed by atoms with Crippen molar-refractivity contribution in [3.63, 3.8) is 0 Å². The fourth-order valence-electron chi connectivity index (χ4n) is 4.30. The topological polar surface area (TPSA) is 113 Å². The Kier molecular flexibility index (Phi) is 8.21. The van der Waals surface area contributed by atoms with E-state index in [1.807, 2.05) is 0 Å². The number of aromatic amines is 1. The summed E-state index contributed by atoms with van der Waals surface area (Å²) in [7, 11) is 0. The van der Waals surface area contributed by atoms with Crippen LogP contribution in [0.4, 0.5) is 32.2 Å². The lowest BCUT2D eigenvalue weighted by molar-refractivity contribution is -0.149. The number of amides is 1. The number of nitrogens with one attached hydrogen (secondary N) is 2. The highest BCUT2D eigenvalue weighted by atomic mass is 19.4. The monoisotopic (exact) mass is 569 g/mol. The Morgan fingerprint density at radius 2 is 1.88 bits per heavy atom. The van der Waals surface area contributed by atoms with Crippen molar-refractivity contribution >= 4 is 11.7 Å². The Morgan fingerprint density at radius 1 is 1.20 bits per heavy atom. The first-order valence-corrected chi connectivity index (χ1v) is 12.1. The number of hydrogen-bond donors (Lipinski definition) is 3. The largest absolute Gasteiger partial charge is 0.456 e. The number of piperidine rings is 1. The van der Waals surface area contributed by atoms with Gasteiger partial charge in [-0.25, -0.2) is 18.2 Å². The van der Waals surface area contributed by atoms with Gasteiger partial charge in [0, 0.05) is 31.3 Å². The van der Waals surface area contributed by atoms with Crippen LogP contribution in [-0.4, -0.2) is 52.0 Å². The Morgan fingerprint density at radius 3 is 2.50 bits per heavy atom. The van der Waals surface area contributed by atoms with E-state index in [1.54, 1.807) is 0 Å². The van der Waals surface area contributed by atoms with Gasteiger partial charge in [-0.3, -0.25) is 14.5 Å². The molecule has 0 spiro atoms. The van der Waals surface area contributed by atoms with Gasteiger partial charge in [-0.15, -0.1) is 0 Å². The zero-order valence-corrected chi connectivity index (χ0v) is 21.0. The van der Waals surface area contributed by atoms with Gasteiger partial charge in [0.2, 0.25) is 5.91 Å². The van der Waals surface area contributed by atoms with E-state index in [2.05, 4.69) is 15.3 Å². The van der Waals surface area contributed by atoms with Crippen molar-refractivity contribution < 1.29 is 35.9 Å². The van der Waals surface area contributed by atoms with Crippen LogP contribution >= 0.6 is 0 Å². The minimum Gasteiger partial charge on any atom is -0.456 e. The van der Waals surface area contributed by atoms with Gasteiger partial charge in [-0.1, -0.05) is 0 Å². The summed E-state index contributed by atoms with van der Waals surface area (Å²) in [5.74, 6) is -5.03. The van der Waals surface area contributed by atoms with Crippen molar-refractivity contribution in [2.75, 3.05) is 18.4 Å². The van der Waals surface area contributed by atoms with E-state index in [0.29, 0.717) is 11.5 Å². The number of ether oxygens (including phenoxy) is 1. The van der Waals surface area contributed by atoms with E-state index < -0.39 is 59.4 Å². The summed E-state index contributed by atoms with van der Waals surface area (Å²) >= 11 is 0. The molecule has 3 atom stereocenters. The molecule has 4 rings (SSSR count). The molecular weight excluding hydrogens is 544 g/mol. The molecule has 40 heavy (non-hydrogen) atoms. The van der Waals surface area contributed by atoms with Crippen LogP contribution in [0.15, 0.2) is 59.7 Å². The summed E-state index contributed by atoms with van der Waals surface area (Å²) in [6.07, 6.45) is -3.33. The second kappa shape index (κ2) is 11.3. The summed E-state index contributed by atoms with van der Waals surface area (Å²) in [4.78, 5) is 32.5. The SMILES string of the molecule is CC(C(=O)Nc1ccc(Oc2ccc(F)cc2)cn1)N1CCC(F)(F)C(c2c[nH]c(=O)c([C@@H](N)C(F)(F)F)c2)C1. The number of H-pyrrole nitrogens is 1. The Bertz CT molecular complexity index is 1400. The highest BCUT2D eigenvalue weighted by molar-refractivity contribution is 5.93. The third-order valence-electron chi connectivity index (χ3n) is 6.67. The van der Waals surface area contributed by atoms with E-state index in [0.717, 1.165) is 12.3 Å². The second-order valence-corrected chi connectivity index (χ2v) is 9.40. The van der Waals surface area contributed by atoms with Gasteiger partial charge < -0.3 is 20.8 Å². The van der Waals surface area contributed by atoms with Gasteiger partial charge in [0.15, 0.2) is 0 Å². The second-order valence-electron chi connectivity index (χ2n) is 9.40. The number of alkyl halides is 5. The molecule has 0 saturated carbocycles. The van der Waals surface area contributed by atoms with Crippen LogP contribution in [0.25, 0.3) is 0 Å². The summed E-state index contributed by atoms with van der Waals surface area (Å²) < 4.78 is 87.7. The van der Waals surface area contributed by atoms with E-state index in [4.69, 9.17) is 10.5 Å². The van der Waals surface area contributed by atoms with Gasteiger partial charge in [0.05, 0.1) is 18.2 Å². The molecule has 1 amide bonds. The van der Waals surface area contributed by atoms with Gasteiger partial charge in [0.25, 0.3) is 11.5 Å². The first-order valence-electron chi connectivity index (χ1n) is 12.1. The fourth-order valence-corrected chi connectivity index (χ4v) is 4.30. The number of hydrogen-bond acceptors (Lipinski definition) is 6. The zero-order valence-electron chi connectivity index (χ0n) is 21.0. The smallest absolute Gasteiger partial charge is 0.407 e. The fraction of sp³-hybridized carbons (Fsp3) is 0.346. The quantitative estimate of drug-likeness (QED) is 0.355. The van der Waals surface area contributed by atoms with Crippen LogP contribution in [0.1, 0.15) is 36.4 Å². The van der Waals surface area contributed by atoms with Crippen molar-refractivity contribution in [1.29, 1.82) is 0 Å². The van der Waals surface area contributed by atoms with Crippen LogP contribution < -0.4 is 21.3 Å². The van der Waals surface area contributed by atoms with Crippen LogP contribution in [0, 0.1) is 5.82 Å². The highest BCUT2D eigenvalue weighted by Crippen LogP contribution is 2.41. The number of anilines is 1. The summed E-state index contributed by atoms with van der Waals surface area (Å²) in [6.45, 7) is 0.972. The first kappa shape index (κ1) is 29.1. The highest BCUT2D eigenvalue weighted by Gasteiger charge is 2.47. The Hall–Kier alpha value is -3.91. The van der Waals surface area contributed by atoms with E-state index in [9.17, 15) is 35.9 Å². The van der Waals surface area contributed by atoms with Gasteiger partial charge >= 0.3 is 6.18 Å². The van der Waals surface area contributed by atoms with Crippen molar-refractivity contribution in [2.24, 2.45) is 5.73 Å². The molecule has 1 aliphatic heterocycles. The number of rotatable bonds is 7. The third kappa shape index (κ3) is 6.62. The maximum Gasteiger partial charge on any atom is 0.407 e. The number of nitrogens with zero attached hydrogens (tertiary/aromatic N) is 2. The molecule has 0 bridgehead atoms. The lowest BCUT2D eigenvalue weighted by Crippen LogP contribution is -2.52. The number of likely N-dealkylation sites (tertiary alicyclic amines) is 1. The Labute approximate surface area is 224 Å². The minimum absolute atomic E-state index is 0.158. The average Bonchev–Trinajstić information content (AvgIpc) is 2.90. The maximum atomic E-state index is 14.9. The molecule has 4 N–H and O–H groups in total. The van der Waals surface area contributed by atoms with E-state index in [1.165, 1.54) is 54.4 Å². The summed E-state index contributed by atoms with van der Waals surface area (Å²) in [6, 6.07) is 5.51. The van der Waals surface area contributed by atoms with Crippen LogP contribution in [-0.2, 0) is 4.79 Å². The average molecular weight is 570 g/mol. The number of pyridine rings is 2. The predicted octanol–water partition coefficient (Wildman–Crippen LogP) is 4.72. The van der Waals surface area contributed by atoms with Crippen LogP contribution in [0.3, 0.4) is 0 Å². The molecule has 2 aromatic heterocycles. The van der Waals surface area contributed by atoms with Crippen LogP contribution in [0.2, 0.25) is 0 Å². The van der Waals surface area contributed by atoms with Crippen molar-refractivity contribution in [3.8, 4) is 11.5 Å². The first-order chi connectivity index (χ1) is 18.7. The van der Waals surface area contributed by atoms with Crippen molar-refractivity contribution in [2.45, 2.75) is 43.4 Å². The molecule has 1 aromatic carbocycles. The van der Waals surface area contributed by atoms with E-state index in [-0.39, 0.29) is 24.5 Å². The lowest BCUT2D eigenvalue weighted by atomic mass is 9.86. The minimum atomic E-state index is -4.95. The molecule has 3 aromatic rings. The number of aromatic nitrogens is 2. The number of carbonyl (C=O) groups excluding carboxylic acids is 1. The molecule has 1 aliphatic rings. The molecular formula is C26H25F6N5O3. The standard InChI is InChI=1S/C26H25F6N5O3/c1-14(23(38)36-21-7-6-18(12-34-21)40-17-4-2-16(27)3-5-17)37-9-8-25(28,29)20(13-37)15-10-19(24(39)35-11-15)22(33)26(30,31)32/h2-7,10-12,14,20,22H,8-9,13,33H2,1H3,(H,35,39)(H,34,36,38)/t14?,20?,22-/m1/s1. The molecule has 0 aliphatic carbocycles. The van der Waals surface area contributed by atoms with Gasteiger partial charge in [0.1, 0.15) is 29.2 Å². The Balaban J connectivity index is 1.44. The molecule has 1 fully saturated rings. The third-order valence-corrected chi connectivity index (χ3v) is 6.67. The van der Waals surface area contributed by atoms with Crippen LogP contribution in [0.5, 0.6) is 11.5 Å². The summed E-state index contributed by atoms with van der Waals surface area (Å²) in [5.41, 5.74) is 2.93. The number of benzene rings is 1. The normalized spacial score (nSPS) is 19.1. The zero-order chi connectivity index (χ0) is 29.2. The number of nitrogens with two attached hydrogens (primary N) is 1. The van der Waals surface area contributed by atoms with Gasteiger partial charge in [-0.05, 0) is 55.0 Å². The molecule has 3 heterocycles. The predicted molar refractivity (Wildman–Crippen MR) is 133 cm³/mol. The molecule has 8 nitrogen and oxygen atoms in total. The van der Waals surface area contributed by atoms with Gasteiger partial charge in [-0.2, -0.15) is 13.2 Å². The molecule has 214 valence electrons. The lowest BCUT2D eigenvalue weighted by Gasteiger charge is -2.40. The molecule has 0 radical (unpaired) electrons. The molecule has 2 unspecified atom stereocenters. The molecule has 1 saturated heterocycles. The summed E-state index contributed by atoms with van der Waals surface area (Å²) in [5, 5.41) is 2.59. The molecule has 14 heteroatoms. The number of carbonyl (C=O) groups is 1. The number of halogens is 6. The maximum absolute atomic E-state index is 14.9. The van der Waals surface area contributed by atoms with Crippen molar-refractivity contribution in [1.82, 2.24) is 14.9 Å².